The molecule has 1 saturated heterocycles. The first-order valence-electron chi connectivity index (χ1n) is 6.48. The Morgan fingerprint density at radius 2 is 2.12 bits per heavy atom. The minimum Gasteiger partial charge on any atom is -0.344 e. The van der Waals surface area contributed by atoms with Crippen molar-refractivity contribution in [2.45, 2.75) is 57.4 Å². The second kappa shape index (κ2) is 4.32. The van der Waals surface area contributed by atoms with Crippen molar-refractivity contribution in [1.82, 2.24) is 10.2 Å². The smallest absolute Gasteiger partial charge is 0.208 e. The summed E-state index contributed by atoms with van der Waals surface area (Å²) in [6.45, 7) is 3.46. The molecule has 0 spiro atoms. The molecule has 2 aliphatic rings. The molecule has 3 rings (SSSR count). The molecule has 1 atom stereocenters. The van der Waals surface area contributed by atoms with E-state index in [2.05, 4.69) is 22.0 Å². The van der Waals surface area contributed by atoms with E-state index in [-0.39, 0.29) is 0 Å². The summed E-state index contributed by atoms with van der Waals surface area (Å²) in [4.78, 5) is 2.49. The van der Waals surface area contributed by atoms with Crippen LogP contribution in [0.3, 0.4) is 0 Å². The molecule has 2 heterocycles. The van der Waals surface area contributed by atoms with Crippen LogP contribution < -0.4 is 4.90 Å². The Kier molecular flexibility index (Phi) is 2.84. The Hall–Kier alpha value is -0.640. The largest absolute Gasteiger partial charge is 0.344 e. The molecular formula is C12H19N3S. The predicted octanol–water partition coefficient (Wildman–Crippen LogP) is 3.18. The van der Waals surface area contributed by atoms with E-state index in [0.29, 0.717) is 6.04 Å². The topological polar surface area (TPSA) is 29.0 Å². The molecule has 1 aliphatic heterocycles. The van der Waals surface area contributed by atoms with Gasteiger partial charge in [-0.15, -0.1) is 10.2 Å². The van der Waals surface area contributed by atoms with Crippen molar-refractivity contribution in [3.63, 3.8) is 0 Å². The van der Waals surface area contributed by atoms with Crippen molar-refractivity contribution in [3.8, 4) is 0 Å². The Morgan fingerprint density at radius 1 is 1.25 bits per heavy atom. The predicted molar refractivity (Wildman–Crippen MR) is 67.2 cm³/mol. The van der Waals surface area contributed by atoms with Crippen LogP contribution in [0.15, 0.2) is 0 Å². The van der Waals surface area contributed by atoms with E-state index in [9.17, 15) is 0 Å². The summed E-state index contributed by atoms with van der Waals surface area (Å²) < 4.78 is 0. The van der Waals surface area contributed by atoms with E-state index in [0.717, 1.165) is 5.92 Å². The van der Waals surface area contributed by atoms with Crippen LogP contribution in [0.5, 0.6) is 0 Å². The van der Waals surface area contributed by atoms with Gasteiger partial charge in [-0.3, -0.25) is 0 Å². The maximum absolute atomic E-state index is 4.39. The lowest BCUT2D eigenvalue weighted by Crippen LogP contribution is -2.39. The van der Waals surface area contributed by atoms with Gasteiger partial charge in [-0.2, -0.15) is 0 Å². The summed E-state index contributed by atoms with van der Waals surface area (Å²) in [6.07, 6.45) is 7.91. The molecule has 0 aromatic carbocycles. The third-order valence-electron chi connectivity index (χ3n) is 3.70. The van der Waals surface area contributed by atoms with Crippen LogP contribution in [0.25, 0.3) is 0 Å². The van der Waals surface area contributed by atoms with Crippen LogP contribution in [0.1, 0.15) is 56.4 Å². The van der Waals surface area contributed by atoms with Gasteiger partial charge < -0.3 is 4.90 Å². The van der Waals surface area contributed by atoms with Crippen LogP contribution in [0, 0.1) is 0 Å². The average molecular weight is 237 g/mol. The number of rotatable bonds is 3. The minimum absolute atomic E-state index is 0.703. The third-order valence-corrected chi connectivity index (χ3v) is 4.82. The Bertz CT molecular complexity index is 359. The van der Waals surface area contributed by atoms with E-state index >= 15 is 0 Å². The Morgan fingerprint density at radius 3 is 2.88 bits per heavy atom. The highest BCUT2D eigenvalue weighted by molar-refractivity contribution is 7.15. The van der Waals surface area contributed by atoms with Crippen LogP contribution >= 0.6 is 11.3 Å². The van der Waals surface area contributed by atoms with Gasteiger partial charge in [0.15, 0.2) is 0 Å². The lowest BCUT2D eigenvalue weighted by atomic mass is 10.0. The van der Waals surface area contributed by atoms with Crippen molar-refractivity contribution in [2.24, 2.45) is 0 Å². The number of piperidine rings is 1. The van der Waals surface area contributed by atoms with Gasteiger partial charge in [-0.05, 0) is 38.5 Å². The molecule has 1 unspecified atom stereocenters. The van der Waals surface area contributed by atoms with Crippen LogP contribution in [-0.4, -0.2) is 22.8 Å². The van der Waals surface area contributed by atoms with E-state index in [1.807, 2.05) is 11.3 Å². The second-order valence-electron chi connectivity index (χ2n) is 4.95. The van der Waals surface area contributed by atoms with Crippen molar-refractivity contribution in [2.75, 3.05) is 11.4 Å². The highest BCUT2D eigenvalue weighted by atomic mass is 32.1. The van der Waals surface area contributed by atoms with Crippen molar-refractivity contribution >= 4 is 16.5 Å². The molecule has 1 aliphatic carbocycles. The first-order chi connectivity index (χ1) is 7.88. The zero-order valence-corrected chi connectivity index (χ0v) is 10.7. The zero-order valence-electron chi connectivity index (χ0n) is 9.85. The highest BCUT2D eigenvalue weighted by Gasteiger charge is 2.30. The fraction of sp³-hybridized carbons (Fsp3) is 0.833. The minimum atomic E-state index is 0.703. The van der Waals surface area contributed by atoms with Gasteiger partial charge in [0.25, 0.3) is 0 Å². The Balaban J connectivity index is 1.77. The summed E-state index contributed by atoms with van der Waals surface area (Å²) in [5.41, 5.74) is 0. The van der Waals surface area contributed by atoms with Crippen molar-refractivity contribution in [1.29, 1.82) is 0 Å². The highest BCUT2D eigenvalue weighted by Crippen LogP contribution is 2.43. The molecule has 0 N–H and O–H groups in total. The van der Waals surface area contributed by atoms with Crippen molar-refractivity contribution in [3.05, 3.63) is 5.01 Å². The molecule has 0 amide bonds. The lowest BCUT2D eigenvalue weighted by Gasteiger charge is -2.34. The van der Waals surface area contributed by atoms with Gasteiger partial charge in [0.05, 0.1) is 0 Å². The second-order valence-corrected chi connectivity index (χ2v) is 5.94. The molecule has 3 nitrogen and oxygen atoms in total. The zero-order chi connectivity index (χ0) is 11.0. The molecule has 16 heavy (non-hydrogen) atoms. The maximum atomic E-state index is 4.39. The maximum Gasteiger partial charge on any atom is 0.208 e. The SMILES string of the molecule is CCC1CCCCN1c1nnc(C2CC2)s1. The third kappa shape index (κ3) is 1.95. The molecule has 0 radical (unpaired) electrons. The average Bonchev–Trinajstić information content (AvgIpc) is 3.07. The number of nitrogens with zero attached hydrogens (tertiary/aromatic N) is 3. The fourth-order valence-corrected chi connectivity index (χ4v) is 3.62. The lowest BCUT2D eigenvalue weighted by molar-refractivity contribution is 0.448. The quantitative estimate of drug-likeness (QED) is 0.808. The molecule has 1 aromatic rings. The molecule has 1 aromatic heterocycles. The standard InChI is InChI=1S/C12H19N3S/c1-2-10-5-3-4-8-15(10)12-14-13-11(16-12)9-6-7-9/h9-10H,2-8H2,1H3. The summed E-state index contributed by atoms with van der Waals surface area (Å²) in [5.74, 6) is 0.746. The van der Waals surface area contributed by atoms with Crippen molar-refractivity contribution < 1.29 is 0 Å². The summed E-state index contributed by atoms with van der Waals surface area (Å²) in [5, 5.41) is 11.2. The number of aromatic nitrogens is 2. The Labute approximate surface area is 101 Å². The van der Waals surface area contributed by atoms with E-state index in [4.69, 9.17) is 0 Å². The van der Waals surface area contributed by atoms with Gasteiger partial charge in [-0.25, -0.2) is 0 Å². The van der Waals surface area contributed by atoms with Gasteiger partial charge in [0.1, 0.15) is 5.01 Å². The van der Waals surface area contributed by atoms with Gasteiger partial charge in [-0.1, -0.05) is 18.3 Å². The van der Waals surface area contributed by atoms with E-state index in [1.165, 1.54) is 55.2 Å². The summed E-state index contributed by atoms with van der Waals surface area (Å²) >= 11 is 1.83. The summed E-state index contributed by atoms with van der Waals surface area (Å²) in [6, 6.07) is 0.703. The number of hydrogen-bond donors (Lipinski definition) is 0. The molecule has 88 valence electrons. The fourth-order valence-electron chi connectivity index (χ4n) is 2.51. The van der Waals surface area contributed by atoms with Gasteiger partial charge in [0.2, 0.25) is 5.13 Å². The molecule has 4 heteroatoms. The first-order valence-corrected chi connectivity index (χ1v) is 7.30. The number of anilines is 1. The van der Waals surface area contributed by atoms with Gasteiger partial charge >= 0.3 is 0 Å². The molecule has 0 bridgehead atoms. The van der Waals surface area contributed by atoms with E-state index < -0.39 is 0 Å². The van der Waals surface area contributed by atoms with Crippen LogP contribution in [-0.2, 0) is 0 Å². The molecular weight excluding hydrogens is 218 g/mol. The van der Waals surface area contributed by atoms with Gasteiger partial charge in [0, 0.05) is 18.5 Å². The molecule has 2 fully saturated rings. The monoisotopic (exact) mass is 237 g/mol. The number of hydrogen-bond acceptors (Lipinski definition) is 4. The summed E-state index contributed by atoms with van der Waals surface area (Å²) in [7, 11) is 0. The van der Waals surface area contributed by atoms with Crippen LogP contribution in [0.4, 0.5) is 5.13 Å². The van der Waals surface area contributed by atoms with E-state index in [1.54, 1.807) is 0 Å². The normalized spacial score (nSPS) is 26.1. The first kappa shape index (κ1) is 10.5. The van der Waals surface area contributed by atoms with Crippen LogP contribution in [0.2, 0.25) is 0 Å². The molecule has 1 saturated carbocycles.